The Balaban J connectivity index is 2.79. The summed E-state index contributed by atoms with van der Waals surface area (Å²) < 4.78 is 0. The van der Waals surface area contributed by atoms with E-state index in [1.54, 1.807) is 0 Å². The molecule has 3 nitrogen and oxygen atoms in total. The van der Waals surface area contributed by atoms with Gasteiger partial charge in [-0.15, -0.1) is 0 Å². The van der Waals surface area contributed by atoms with E-state index in [2.05, 4.69) is 39.9 Å². The Bertz CT molecular complexity index is 277. The second-order valence-electron chi connectivity index (χ2n) is 5.93. The average Bonchev–Trinajstić information content (AvgIpc) is 2.54. The predicted molar refractivity (Wildman–Crippen MR) is 71.6 cm³/mol. The second kappa shape index (κ2) is 5.38. The van der Waals surface area contributed by atoms with Gasteiger partial charge in [-0.05, 0) is 31.6 Å². The van der Waals surface area contributed by atoms with Crippen LogP contribution in [-0.2, 0) is 4.79 Å². The molecule has 3 heteroatoms. The number of nitrogens with zero attached hydrogens (tertiary/aromatic N) is 1. The molecule has 1 heterocycles. The third-order valence-electron chi connectivity index (χ3n) is 4.31. The van der Waals surface area contributed by atoms with Crippen molar-refractivity contribution in [1.29, 1.82) is 0 Å². The maximum Gasteiger partial charge on any atom is 0.243 e. The average molecular weight is 240 g/mol. The molecule has 1 fully saturated rings. The quantitative estimate of drug-likeness (QED) is 0.801. The predicted octanol–water partition coefficient (Wildman–Crippen LogP) is 2.62. The van der Waals surface area contributed by atoms with E-state index in [1.165, 1.54) is 0 Å². The Labute approximate surface area is 106 Å². The zero-order valence-corrected chi connectivity index (χ0v) is 12.2. The first kappa shape index (κ1) is 14.5. The molecule has 1 aliphatic heterocycles. The molecule has 0 aromatic rings. The van der Waals surface area contributed by atoms with E-state index >= 15 is 0 Å². The largest absolute Gasteiger partial charge is 0.325 e. The molecule has 0 aromatic carbocycles. The number of amides is 1. The lowest BCUT2D eigenvalue weighted by atomic mass is 9.96. The van der Waals surface area contributed by atoms with E-state index in [1.807, 2.05) is 11.8 Å². The number of hydrogen-bond donors (Lipinski definition) is 1. The number of carbonyl (C=O) groups excluding carboxylic acids is 1. The van der Waals surface area contributed by atoms with Crippen LogP contribution in [0, 0.1) is 11.8 Å². The minimum Gasteiger partial charge on any atom is -0.325 e. The molecule has 0 saturated carbocycles. The van der Waals surface area contributed by atoms with Gasteiger partial charge in [-0.25, -0.2) is 0 Å². The van der Waals surface area contributed by atoms with Gasteiger partial charge in [0.1, 0.15) is 0 Å². The van der Waals surface area contributed by atoms with Crippen molar-refractivity contribution < 1.29 is 4.79 Å². The molecule has 0 bridgehead atoms. The Kier molecular flexibility index (Phi) is 4.59. The summed E-state index contributed by atoms with van der Waals surface area (Å²) in [4.78, 5) is 14.5. The molecule has 1 N–H and O–H groups in total. The van der Waals surface area contributed by atoms with Crippen molar-refractivity contribution in [2.45, 2.75) is 66.1 Å². The van der Waals surface area contributed by atoms with Gasteiger partial charge in [-0.3, -0.25) is 10.1 Å². The highest BCUT2D eigenvalue weighted by Crippen LogP contribution is 2.26. The molecular weight excluding hydrogens is 212 g/mol. The summed E-state index contributed by atoms with van der Waals surface area (Å²) in [5.74, 6) is 1.45. The highest BCUT2D eigenvalue weighted by molar-refractivity contribution is 5.88. The first-order valence-electron chi connectivity index (χ1n) is 6.94. The first-order valence-corrected chi connectivity index (χ1v) is 6.94. The maximum atomic E-state index is 12.4. The van der Waals surface area contributed by atoms with Crippen LogP contribution in [0.4, 0.5) is 0 Å². The van der Waals surface area contributed by atoms with E-state index in [9.17, 15) is 4.79 Å². The van der Waals surface area contributed by atoms with Gasteiger partial charge in [0.15, 0.2) is 0 Å². The highest BCUT2D eigenvalue weighted by atomic mass is 16.2. The fourth-order valence-electron chi connectivity index (χ4n) is 2.27. The van der Waals surface area contributed by atoms with Crippen molar-refractivity contribution in [2.24, 2.45) is 11.8 Å². The third kappa shape index (κ3) is 2.82. The number of nitrogens with one attached hydrogen (secondary N) is 1. The molecule has 1 aliphatic rings. The summed E-state index contributed by atoms with van der Waals surface area (Å²) in [6.45, 7) is 13.8. The molecule has 3 unspecified atom stereocenters. The van der Waals surface area contributed by atoms with Crippen LogP contribution in [0.1, 0.15) is 54.4 Å². The van der Waals surface area contributed by atoms with Gasteiger partial charge in [0.05, 0.1) is 11.7 Å². The molecule has 100 valence electrons. The molecule has 0 aliphatic carbocycles. The second-order valence-corrected chi connectivity index (χ2v) is 5.93. The summed E-state index contributed by atoms with van der Waals surface area (Å²) >= 11 is 0. The number of carbonyl (C=O) groups is 1. The number of hydrogen-bond acceptors (Lipinski definition) is 2. The minimum atomic E-state index is -0.350. The lowest BCUT2D eigenvalue weighted by Gasteiger charge is -2.28. The maximum absolute atomic E-state index is 12.4. The monoisotopic (exact) mass is 240 g/mol. The van der Waals surface area contributed by atoms with Crippen LogP contribution in [0.5, 0.6) is 0 Å². The van der Waals surface area contributed by atoms with Gasteiger partial charge in [-0.1, -0.05) is 34.6 Å². The SMILES string of the molecule is CCC1NC(C)(CC)C(=O)N1CC(C)C(C)C. The topological polar surface area (TPSA) is 32.3 Å². The molecule has 1 rings (SSSR count). The Morgan fingerprint density at radius 3 is 2.35 bits per heavy atom. The normalized spacial score (nSPS) is 31.4. The van der Waals surface area contributed by atoms with Crippen molar-refractivity contribution in [3.63, 3.8) is 0 Å². The molecule has 0 spiro atoms. The van der Waals surface area contributed by atoms with Gasteiger partial charge >= 0.3 is 0 Å². The van der Waals surface area contributed by atoms with E-state index in [-0.39, 0.29) is 17.6 Å². The van der Waals surface area contributed by atoms with E-state index in [0.717, 1.165) is 19.4 Å². The van der Waals surface area contributed by atoms with Crippen molar-refractivity contribution in [3.05, 3.63) is 0 Å². The van der Waals surface area contributed by atoms with E-state index in [0.29, 0.717) is 11.8 Å². The fraction of sp³-hybridized carbons (Fsp3) is 0.929. The van der Waals surface area contributed by atoms with E-state index in [4.69, 9.17) is 0 Å². The third-order valence-corrected chi connectivity index (χ3v) is 4.31. The first-order chi connectivity index (χ1) is 7.85. The van der Waals surface area contributed by atoms with Gasteiger partial charge in [0.2, 0.25) is 5.91 Å². The van der Waals surface area contributed by atoms with Crippen LogP contribution in [-0.4, -0.2) is 29.1 Å². The smallest absolute Gasteiger partial charge is 0.243 e. The van der Waals surface area contributed by atoms with Crippen molar-refractivity contribution >= 4 is 5.91 Å². The molecule has 1 amide bonds. The lowest BCUT2D eigenvalue weighted by Crippen LogP contribution is -2.43. The van der Waals surface area contributed by atoms with Crippen LogP contribution in [0.15, 0.2) is 0 Å². The summed E-state index contributed by atoms with van der Waals surface area (Å²) in [6.07, 6.45) is 2.05. The van der Waals surface area contributed by atoms with Gasteiger partial charge < -0.3 is 4.90 Å². The minimum absolute atomic E-state index is 0.216. The highest BCUT2D eigenvalue weighted by Gasteiger charge is 2.46. The van der Waals surface area contributed by atoms with Crippen LogP contribution in [0.2, 0.25) is 0 Å². The summed E-state index contributed by atoms with van der Waals surface area (Å²) in [7, 11) is 0. The Morgan fingerprint density at radius 1 is 1.35 bits per heavy atom. The molecule has 17 heavy (non-hydrogen) atoms. The standard InChI is InChI=1S/C14H28N2O/c1-7-12-15-14(6,8-2)13(17)16(12)9-11(5)10(3)4/h10-12,15H,7-9H2,1-6H3. The van der Waals surface area contributed by atoms with Crippen LogP contribution in [0.3, 0.4) is 0 Å². The van der Waals surface area contributed by atoms with Crippen molar-refractivity contribution in [2.75, 3.05) is 6.54 Å². The Hall–Kier alpha value is -0.570. The molecule has 0 aromatic heterocycles. The lowest BCUT2D eigenvalue weighted by molar-refractivity contribution is -0.133. The number of rotatable bonds is 5. The molecule has 3 atom stereocenters. The summed E-state index contributed by atoms with van der Waals surface area (Å²) in [5.41, 5.74) is -0.350. The molecule has 0 radical (unpaired) electrons. The molecular formula is C14H28N2O. The fourth-order valence-corrected chi connectivity index (χ4v) is 2.27. The van der Waals surface area contributed by atoms with Gasteiger partial charge in [0, 0.05) is 6.54 Å². The van der Waals surface area contributed by atoms with Crippen molar-refractivity contribution in [1.82, 2.24) is 10.2 Å². The summed E-state index contributed by atoms with van der Waals surface area (Å²) in [6, 6.07) is 0. The van der Waals surface area contributed by atoms with E-state index < -0.39 is 0 Å². The molecule has 1 saturated heterocycles. The summed E-state index contributed by atoms with van der Waals surface area (Å²) in [5, 5.41) is 3.49. The van der Waals surface area contributed by atoms with Crippen molar-refractivity contribution in [3.8, 4) is 0 Å². The van der Waals surface area contributed by atoms with Gasteiger partial charge in [0.25, 0.3) is 0 Å². The van der Waals surface area contributed by atoms with Gasteiger partial charge in [-0.2, -0.15) is 0 Å². The zero-order chi connectivity index (χ0) is 13.2. The van der Waals surface area contributed by atoms with Crippen LogP contribution >= 0.6 is 0 Å². The Morgan fingerprint density at radius 2 is 1.94 bits per heavy atom. The van der Waals surface area contributed by atoms with Crippen LogP contribution < -0.4 is 5.32 Å². The zero-order valence-electron chi connectivity index (χ0n) is 12.2. The van der Waals surface area contributed by atoms with Crippen LogP contribution in [0.25, 0.3) is 0 Å².